The molecule has 0 aliphatic carbocycles. The zero-order valence-corrected chi connectivity index (χ0v) is 42.8. The molecule has 19 N–H and O–H groups in total. The Balaban J connectivity index is 2.54. The molecule has 0 unspecified atom stereocenters. The summed E-state index contributed by atoms with van der Waals surface area (Å²) in [4.78, 5) is 121. The smallest absolute Gasteiger partial charge is 0.245 e. The van der Waals surface area contributed by atoms with Gasteiger partial charge in [0.15, 0.2) is 11.9 Å². The fraction of sp³-hybridized carbons (Fsp3) is 0.500. The van der Waals surface area contributed by atoms with Gasteiger partial charge in [0.25, 0.3) is 0 Å². The van der Waals surface area contributed by atoms with Gasteiger partial charge in [-0.1, -0.05) is 74.5 Å². The largest absolute Gasteiger partial charge is 0.394 e. The summed E-state index contributed by atoms with van der Waals surface area (Å²) in [6.07, 6.45) is -0.0382. The number of aliphatic hydroxyl groups excluding tert-OH is 1. The highest BCUT2D eigenvalue weighted by Gasteiger charge is 2.35. The molecule has 27 heteroatoms. The van der Waals surface area contributed by atoms with Crippen molar-refractivity contribution in [2.45, 2.75) is 108 Å². The first-order valence-electron chi connectivity index (χ1n) is 23.4. The summed E-state index contributed by atoms with van der Waals surface area (Å²) in [6.45, 7) is 3.68. The molecule has 0 aliphatic heterocycles. The van der Waals surface area contributed by atoms with E-state index in [1.807, 2.05) is 0 Å². The van der Waals surface area contributed by atoms with E-state index < -0.39 is 114 Å². The zero-order valence-electron chi connectivity index (χ0n) is 41.0. The van der Waals surface area contributed by atoms with E-state index >= 15 is 0 Å². The summed E-state index contributed by atoms with van der Waals surface area (Å²) >= 11 is 8.19. The molecule has 0 saturated carbocycles. The number of primary amides is 1. The third-order valence-electron chi connectivity index (χ3n) is 10.8. The lowest BCUT2D eigenvalue weighted by atomic mass is 10.0. The molecular weight excluding hydrogens is 987 g/mol. The van der Waals surface area contributed by atoms with Crippen LogP contribution in [-0.2, 0) is 56.0 Å². The Hall–Kier alpha value is -7.13. The second kappa shape index (κ2) is 32.8. The Morgan fingerprint density at radius 3 is 1.22 bits per heavy atom. The van der Waals surface area contributed by atoms with E-state index in [1.54, 1.807) is 74.5 Å². The van der Waals surface area contributed by atoms with E-state index in [9.17, 15) is 48.3 Å². The Morgan fingerprint density at radius 1 is 0.507 bits per heavy atom. The van der Waals surface area contributed by atoms with Crippen molar-refractivity contribution in [1.82, 2.24) is 53.2 Å². The van der Waals surface area contributed by atoms with Crippen LogP contribution in [0.1, 0.15) is 57.6 Å². The quantitative estimate of drug-likeness (QED) is 0.0143. The molecular formula is C46H71N15O10S2. The van der Waals surface area contributed by atoms with Crippen molar-refractivity contribution in [2.75, 3.05) is 31.2 Å². The fourth-order valence-electron chi connectivity index (χ4n) is 6.97. The number of rotatable bonds is 32. The minimum atomic E-state index is -1.66. The lowest BCUT2D eigenvalue weighted by Gasteiger charge is -2.28. The molecule has 0 radical (unpaired) electrons. The molecule has 2 aromatic carbocycles. The van der Waals surface area contributed by atoms with Crippen LogP contribution < -0.4 is 70.4 Å². The highest BCUT2D eigenvalue weighted by molar-refractivity contribution is 7.80. The van der Waals surface area contributed by atoms with Crippen LogP contribution in [0.25, 0.3) is 0 Å². The van der Waals surface area contributed by atoms with Gasteiger partial charge in [0.1, 0.15) is 48.3 Å². The summed E-state index contributed by atoms with van der Waals surface area (Å²) in [5.74, 6) is -8.84. The van der Waals surface area contributed by atoms with Gasteiger partial charge in [-0.3, -0.25) is 54.0 Å². The Bertz CT molecular complexity index is 2200. The average molecular weight is 1060 g/mol. The molecule has 0 bridgehead atoms. The van der Waals surface area contributed by atoms with Gasteiger partial charge in [0.2, 0.25) is 53.2 Å². The lowest BCUT2D eigenvalue weighted by molar-refractivity contribution is -0.136. The number of carbonyl (C=O) groups is 9. The van der Waals surface area contributed by atoms with Crippen LogP contribution in [0.4, 0.5) is 0 Å². The van der Waals surface area contributed by atoms with Gasteiger partial charge < -0.3 is 75.5 Å². The molecule has 73 heavy (non-hydrogen) atoms. The second-order valence-electron chi connectivity index (χ2n) is 17.1. The molecule has 0 spiro atoms. The first kappa shape index (κ1) is 62.0. The van der Waals surface area contributed by atoms with Gasteiger partial charge in [-0.05, 0) is 42.7 Å². The Kier molecular flexibility index (Phi) is 27.8. The normalized spacial score (nSPS) is 14.1. The summed E-state index contributed by atoms with van der Waals surface area (Å²) in [5.41, 5.74) is 17.4. The predicted octanol–water partition coefficient (Wildman–Crippen LogP) is -4.11. The summed E-state index contributed by atoms with van der Waals surface area (Å²) in [6, 6.07) is 6.40. The molecule has 0 aliphatic rings. The van der Waals surface area contributed by atoms with Crippen LogP contribution in [0.15, 0.2) is 60.7 Å². The maximum atomic E-state index is 14.5. The van der Waals surface area contributed by atoms with Crippen LogP contribution in [0.3, 0.4) is 0 Å². The van der Waals surface area contributed by atoms with E-state index in [4.69, 9.17) is 28.0 Å². The number of hydrogen-bond acceptors (Lipinski definition) is 14. The van der Waals surface area contributed by atoms with Gasteiger partial charge >= 0.3 is 0 Å². The van der Waals surface area contributed by atoms with Gasteiger partial charge in [0, 0.05) is 44.4 Å². The number of benzene rings is 2. The van der Waals surface area contributed by atoms with Crippen LogP contribution in [-0.4, -0.2) is 150 Å². The molecule has 0 heterocycles. The highest BCUT2D eigenvalue weighted by Crippen LogP contribution is 2.11. The topological polar surface area (TPSA) is 420 Å². The van der Waals surface area contributed by atoms with Crippen LogP contribution in [0.5, 0.6) is 0 Å². The number of amides is 9. The van der Waals surface area contributed by atoms with Crippen LogP contribution in [0, 0.1) is 16.7 Å². The number of aliphatic hydroxyl groups is 1. The summed E-state index contributed by atoms with van der Waals surface area (Å²) < 4.78 is 0. The van der Waals surface area contributed by atoms with Crippen molar-refractivity contribution in [3.8, 4) is 0 Å². The molecule has 25 nitrogen and oxygen atoms in total. The molecule has 0 saturated heterocycles. The minimum absolute atomic E-state index is 0.0124. The number of thiol groups is 2. The first-order chi connectivity index (χ1) is 34.6. The first-order valence-corrected chi connectivity index (χ1v) is 24.6. The maximum Gasteiger partial charge on any atom is 0.245 e. The zero-order chi connectivity index (χ0) is 54.6. The predicted molar refractivity (Wildman–Crippen MR) is 279 cm³/mol. The Morgan fingerprint density at radius 2 is 0.863 bits per heavy atom. The SMILES string of the molecule is CC(=O)N[C@@H](CS)C(=O)N[C@@H](CCCNC(=N)N)C(=O)N[C@@H](Cc1ccccc1)C(=O)N[C@@H](Cc1ccccc1)C(=O)N[C@@H](CCCNC(=N)N)C(=O)N[C@@H](CO)C(=O)N[C@H](C(=O)N[C@@H](CS)C(N)=O)C(C)C. The number of guanidine groups is 2. The number of nitrogens with one attached hydrogen (secondary N) is 12. The molecule has 8 atom stereocenters. The highest BCUT2D eigenvalue weighted by atomic mass is 32.1. The monoisotopic (exact) mass is 1060 g/mol. The number of hydrogen-bond donors (Lipinski definition) is 18. The second-order valence-corrected chi connectivity index (χ2v) is 17.9. The summed E-state index contributed by atoms with van der Waals surface area (Å²) in [7, 11) is 0. The van der Waals surface area contributed by atoms with Crippen LogP contribution >= 0.6 is 25.3 Å². The van der Waals surface area contributed by atoms with E-state index in [-0.39, 0.29) is 75.0 Å². The van der Waals surface area contributed by atoms with Crippen molar-refractivity contribution in [3.63, 3.8) is 0 Å². The van der Waals surface area contributed by atoms with E-state index in [0.717, 1.165) is 0 Å². The molecule has 9 amide bonds. The van der Waals surface area contributed by atoms with Crippen LogP contribution in [0.2, 0.25) is 0 Å². The van der Waals surface area contributed by atoms with Gasteiger partial charge in [0.05, 0.1) is 6.61 Å². The number of nitrogens with two attached hydrogens (primary N) is 3. The van der Waals surface area contributed by atoms with Crippen molar-refractivity contribution < 1.29 is 48.3 Å². The molecule has 402 valence electrons. The molecule has 2 aromatic rings. The Labute approximate surface area is 434 Å². The van der Waals surface area contributed by atoms with Crippen molar-refractivity contribution in [1.29, 1.82) is 10.8 Å². The fourth-order valence-corrected chi connectivity index (χ4v) is 7.49. The molecule has 0 aromatic heterocycles. The average Bonchev–Trinajstić information content (AvgIpc) is 3.34. The standard InChI is InChI=1S/C46H71N15O10S2/c1-25(2)36(44(71)60-34(23-72)37(47)64)61-42(69)33(22-62)59-39(66)30(17-11-19-53-46(50)51)55-40(67)31(20-27-12-6-4-7-13-27)58-41(68)32(21-28-14-8-5-9-15-28)57-38(65)29(16-10-18-52-45(48)49)56-43(70)35(24-73)54-26(3)63/h4-9,12-15,25,29-36,62,72-73H,10-11,16-24H2,1-3H3,(H2,47,64)(H,54,63)(H,55,67)(H,56,70)(H,57,65)(H,58,68)(H,59,66)(H,60,71)(H,61,69)(H4,48,49,52)(H4,50,51,53)/t29-,30-,31-,32-,33-,34-,35-,36-/m0/s1. The van der Waals surface area contributed by atoms with E-state index in [0.29, 0.717) is 11.1 Å². The third-order valence-corrected chi connectivity index (χ3v) is 11.6. The van der Waals surface area contributed by atoms with Crippen molar-refractivity contribution >= 4 is 90.3 Å². The molecule has 0 fully saturated rings. The van der Waals surface area contributed by atoms with Crippen molar-refractivity contribution in [2.24, 2.45) is 23.1 Å². The van der Waals surface area contributed by atoms with Gasteiger partial charge in [-0.2, -0.15) is 25.3 Å². The van der Waals surface area contributed by atoms with E-state index in [2.05, 4.69) is 78.4 Å². The molecule has 2 rings (SSSR count). The van der Waals surface area contributed by atoms with Gasteiger partial charge in [-0.15, -0.1) is 0 Å². The number of carbonyl (C=O) groups excluding carboxylic acids is 9. The third kappa shape index (κ3) is 23.3. The van der Waals surface area contributed by atoms with E-state index in [1.165, 1.54) is 6.92 Å². The van der Waals surface area contributed by atoms with Crippen molar-refractivity contribution in [3.05, 3.63) is 71.8 Å². The lowest BCUT2D eigenvalue weighted by Crippen LogP contribution is -2.61. The summed E-state index contributed by atoms with van der Waals surface area (Å²) in [5, 5.41) is 51.0. The minimum Gasteiger partial charge on any atom is -0.394 e. The maximum absolute atomic E-state index is 14.5. The van der Waals surface area contributed by atoms with Gasteiger partial charge in [-0.25, -0.2) is 0 Å².